The first-order chi connectivity index (χ1) is 16.7. The first-order valence-corrected chi connectivity index (χ1v) is 14.1. The molecule has 0 spiro atoms. The summed E-state index contributed by atoms with van der Waals surface area (Å²) >= 11 is 6.38. The number of sulfone groups is 1. The fourth-order valence-electron chi connectivity index (χ4n) is 4.75. The summed E-state index contributed by atoms with van der Waals surface area (Å²) in [6, 6.07) is 13.0. The predicted octanol–water partition coefficient (Wildman–Crippen LogP) is 4.41. The summed E-state index contributed by atoms with van der Waals surface area (Å²) in [5, 5.41) is 8.26. The van der Waals surface area contributed by atoms with Gasteiger partial charge in [0, 0.05) is 60.1 Å². The molecule has 1 N–H and O–H groups in total. The number of rotatable bonds is 6. The first-order valence-electron chi connectivity index (χ1n) is 11.9. The van der Waals surface area contributed by atoms with Crippen LogP contribution in [0, 0.1) is 6.92 Å². The van der Waals surface area contributed by atoms with E-state index in [0.29, 0.717) is 41.8 Å². The van der Waals surface area contributed by atoms with Crippen LogP contribution >= 0.6 is 11.6 Å². The highest BCUT2D eigenvalue weighted by atomic mass is 35.5. The van der Waals surface area contributed by atoms with Gasteiger partial charge in [-0.3, -0.25) is 14.4 Å². The second kappa shape index (κ2) is 9.41. The zero-order valence-electron chi connectivity index (χ0n) is 19.9. The summed E-state index contributed by atoms with van der Waals surface area (Å²) in [4.78, 5) is 15.0. The van der Waals surface area contributed by atoms with E-state index in [1.54, 1.807) is 18.2 Å². The predicted molar refractivity (Wildman–Crippen MR) is 139 cm³/mol. The second-order valence-corrected chi connectivity index (χ2v) is 12.2. The molecule has 2 heterocycles. The van der Waals surface area contributed by atoms with Crippen LogP contribution in [0.4, 0.5) is 5.69 Å². The zero-order chi connectivity index (χ0) is 24.7. The SMILES string of the molecule is Cc1c(-c2ccc(NC(=O)c3ccc(Cl)c(CN4CCS(=O)(=O)CC4)c3)cc2)nn(C)c1C1CC1. The van der Waals surface area contributed by atoms with Gasteiger partial charge >= 0.3 is 0 Å². The standard InChI is InChI=1S/C26H29ClN4O3S/c1-17-24(29-30(2)25(17)19-3-4-19)18-5-8-22(9-6-18)28-26(32)20-7-10-23(27)21(15-20)16-31-11-13-35(33,34)14-12-31/h5-10,15,19H,3-4,11-14,16H2,1-2H3,(H,28,32). The summed E-state index contributed by atoms with van der Waals surface area (Å²) in [7, 11) is -0.937. The Hall–Kier alpha value is -2.68. The van der Waals surface area contributed by atoms with Crippen LogP contribution in [0.3, 0.4) is 0 Å². The Labute approximate surface area is 211 Å². The highest BCUT2D eigenvalue weighted by molar-refractivity contribution is 7.91. The average molecular weight is 513 g/mol. The van der Waals surface area contributed by atoms with Crippen molar-refractivity contribution in [2.24, 2.45) is 7.05 Å². The number of aryl methyl sites for hydroxylation is 1. The van der Waals surface area contributed by atoms with Gasteiger partial charge in [-0.2, -0.15) is 5.10 Å². The molecule has 1 aromatic heterocycles. The Kier molecular flexibility index (Phi) is 6.46. The van der Waals surface area contributed by atoms with Crippen molar-refractivity contribution in [3.63, 3.8) is 0 Å². The van der Waals surface area contributed by atoms with Gasteiger partial charge in [0.2, 0.25) is 0 Å². The maximum Gasteiger partial charge on any atom is 0.255 e. The molecule has 3 aromatic rings. The number of hydrogen-bond acceptors (Lipinski definition) is 5. The molecule has 2 aromatic carbocycles. The molecule has 0 radical (unpaired) electrons. The van der Waals surface area contributed by atoms with Crippen LogP contribution in [0.15, 0.2) is 42.5 Å². The van der Waals surface area contributed by atoms with Gasteiger partial charge in [0.05, 0.1) is 17.2 Å². The van der Waals surface area contributed by atoms with E-state index in [9.17, 15) is 13.2 Å². The number of aromatic nitrogens is 2. The third-order valence-electron chi connectivity index (χ3n) is 6.86. The molecule has 1 amide bonds. The monoisotopic (exact) mass is 512 g/mol. The lowest BCUT2D eigenvalue weighted by Gasteiger charge is -2.27. The fraction of sp³-hybridized carbons (Fsp3) is 0.385. The van der Waals surface area contributed by atoms with Gasteiger partial charge in [-0.25, -0.2) is 8.42 Å². The highest BCUT2D eigenvalue weighted by Gasteiger charge is 2.30. The van der Waals surface area contributed by atoms with E-state index in [-0.39, 0.29) is 17.4 Å². The number of nitrogens with zero attached hydrogens (tertiary/aromatic N) is 3. The van der Waals surface area contributed by atoms with E-state index in [1.165, 1.54) is 24.1 Å². The molecular formula is C26H29ClN4O3S. The maximum atomic E-state index is 12.9. The van der Waals surface area contributed by atoms with Crippen molar-refractivity contribution >= 4 is 33.0 Å². The molecule has 184 valence electrons. The lowest BCUT2D eigenvalue weighted by molar-refractivity contribution is 0.102. The Bertz CT molecular complexity index is 1360. The Morgan fingerprint density at radius 1 is 1.11 bits per heavy atom. The lowest BCUT2D eigenvalue weighted by atomic mass is 10.0. The third kappa shape index (κ3) is 5.29. The quantitative estimate of drug-likeness (QED) is 0.529. The summed E-state index contributed by atoms with van der Waals surface area (Å²) in [6.45, 7) is 3.59. The topological polar surface area (TPSA) is 84.3 Å². The molecule has 35 heavy (non-hydrogen) atoms. The highest BCUT2D eigenvalue weighted by Crippen LogP contribution is 2.43. The van der Waals surface area contributed by atoms with Crippen molar-refractivity contribution in [3.05, 3.63) is 69.9 Å². The molecular weight excluding hydrogens is 484 g/mol. The van der Waals surface area contributed by atoms with Crippen molar-refractivity contribution in [2.75, 3.05) is 29.9 Å². The minimum absolute atomic E-state index is 0.153. The van der Waals surface area contributed by atoms with Crippen molar-refractivity contribution < 1.29 is 13.2 Å². The van der Waals surface area contributed by atoms with E-state index in [4.69, 9.17) is 16.7 Å². The van der Waals surface area contributed by atoms with Gasteiger partial charge in [-0.1, -0.05) is 23.7 Å². The van der Waals surface area contributed by atoms with Crippen LogP contribution in [-0.4, -0.2) is 53.6 Å². The molecule has 1 saturated carbocycles. The molecule has 0 bridgehead atoms. The molecule has 1 saturated heterocycles. The molecule has 1 aliphatic carbocycles. The number of amides is 1. The lowest BCUT2D eigenvalue weighted by Crippen LogP contribution is -2.39. The number of halogens is 1. The smallest absolute Gasteiger partial charge is 0.255 e. The van der Waals surface area contributed by atoms with E-state index < -0.39 is 9.84 Å². The van der Waals surface area contributed by atoms with Gasteiger partial charge in [0.15, 0.2) is 9.84 Å². The van der Waals surface area contributed by atoms with Crippen molar-refractivity contribution in [1.82, 2.24) is 14.7 Å². The van der Waals surface area contributed by atoms with E-state index in [2.05, 4.69) is 17.1 Å². The van der Waals surface area contributed by atoms with Crippen LogP contribution in [0.5, 0.6) is 0 Å². The van der Waals surface area contributed by atoms with E-state index >= 15 is 0 Å². The number of anilines is 1. The second-order valence-electron chi connectivity index (χ2n) is 9.52. The molecule has 0 atom stereocenters. The molecule has 2 fully saturated rings. The molecule has 5 rings (SSSR count). The number of benzene rings is 2. The van der Waals surface area contributed by atoms with Crippen molar-refractivity contribution in [3.8, 4) is 11.3 Å². The summed E-state index contributed by atoms with van der Waals surface area (Å²) < 4.78 is 25.4. The van der Waals surface area contributed by atoms with E-state index in [1.807, 2.05) is 36.0 Å². The molecule has 1 aliphatic heterocycles. The summed E-state index contributed by atoms with van der Waals surface area (Å²) in [6.07, 6.45) is 2.47. The Morgan fingerprint density at radius 3 is 2.46 bits per heavy atom. The molecule has 7 nitrogen and oxygen atoms in total. The van der Waals surface area contributed by atoms with Crippen LogP contribution in [-0.2, 0) is 23.4 Å². The van der Waals surface area contributed by atoms with Gasteiger partial charge in [-0.15, -0.1) is 0 Å². The van der Waals surface area contributed by atoms with Gasteiger partial charge in [0.1, 0.15) is 0 Å². The van der Waals surface area contributed by atoms with Gasteiger partial charge < -0.3 is 5.32 Å². The third-order valence-corrected chi connectivity index (χ3v) is 8.84. The minimum Gasteiger partial charge on any atom is -0.322 e. The number of carbonyl (C=O) groups is 1. The number of nitrogens with one attached hydrogen (secondary N) is 1. The Morgan fingerprint density at radius 2 is 1.80 bits per heavy atom. The Balaban J connectivity index is 1.27. The van der Waals surface area contributed by atoms with Crippen molar-refractivity contribution in [2.45, 2.75) is 32.2 Å². The normalized spacial score (nSPS) is 17.9. The minimum atomic E-state index is -2.94. The van der Waals surface area contributed by atoms with Crippen molar-refractivity contribution in [1.29, 1.82) is 0 Å². The van der Waals surface area contributed by atoms with E-state index in [0.717, 1.165) is 16.8 Å². The van der Waals surface area contributed by atoms with Crippen LogP contribution < -0.4 is 5.32 Å². The number of hydrogen-bond donors (Lipinski definition) is 1. The van der Waals surface area contributed by atoms with Gasteiger partial charge in [0.25, 0.3) is 5.91 Å². The fourth-order valence-corrected chi connectivity index (χ4v) is 6.20. The van der Waals surface area contributed by atoms with Crippen LogP contribution in [0.2, 0.25) is 5.02 Å². The molecule has 2 aliphatic rings. The van der Waals surface area contributed by atoms with Crippen LogP contribution in [0.1, 0.15) is 45.9 Å². The zero-order valence-corrected chi connectivity index (χ0v) is 21.5. The maximum absolute atomic E-state index is 12.9. The summed E-state index contributed by atoms with van der Waals surface area (Å²) in [5.41, 5.74) is 6.58. The number of carbonyl (C=O) groups excluding carboxylic acids is 1. The largest absolute Gasteiger partial charge is 0.322 e. The van der Waals surface area contributed by atoms with Crippen LogP contribution in [0.25, 0.3) is 11.3 Å². The molecule has 9 heteroatoms. The first kappa shape index (κ1) is 24.0. The average Bonchev–Trinajstić information content (AvgIpc) is 3.61. The molecule has 0 unspecified atom stereocenters. The van der Waals surface area contributed by atoms with Gasteiger partial charge in [-0.05, 0) is 61.2 Å². The summed E-state index contributed by atoms with van der Waals surface area (Å²) in [5.74, 6) is 0.718.